The molecule has 1 saturated heterocycles. The molecule has 1 aromatic carbocycles. The summed E-state index contributed by atoms with van der Waals surface area (Å²) < 4.78 is 1.78. The Morgan fingerprint density at radius 3 is 2.67 bits per heavy atom. The normalized spacial score (nSPS) is 19.5. The van der Waals surface area contributed by atoms with Gasteiger partial charge in [-0.1, -0.05) is 36.4 Å². The van der Waals surface area contributed by atoms with Gasteiger partial charge in [0.25, 0.3) is 5.56 Å². The van der Waals surface area contributed by atoms with Crippen LogP contribution in [0.2, 0.25) is 0 Å². The number of rotatable bonds is 4. The third-order valence-electron chi connectivity index (χ3n) is 4.07. The molecule has 0 amide bonds. The van der Waals surface area contributed by atoms with Gasteiger partial charge in [0.15, 0.2) is 0 Å². The van der Waals surface area contributed by atoms with Crippen LogP contribution in [0.5, 0.6) is 0 Å². The van der Waals surface area contributed by atoms with Crippen LogP contribution in [0.15, 0.2) is 59.5 Å². The second kappa shape index (κ2) is 6.70. The predicted molar refractivity (Wildman–Crippen MR) is 84.3 cm³/mol. The minimum absolute atomic E-state index is 0.0731. The van der Waals surface area contributed by atoms with Gasteiger partial charge in [0, 0.05) is 51.0 Å². The first kappa shape index (κ1) is 14.0. The Bertz CT molecular complexity index is 623. The Morgan fingerprint density at radius 1 is 1.05 bits per heavy atom. The highest BCUT2D eigenvalue weighted by atomic mass is 16.1. The van der Waals surface area contributed by atoms with Gasteiger partial charge in [-0.05, 0) is 11.6 Å². The van der Waals surface area contributed by atoms with Gasteiger partial charge in [0.05, 0.1) is 0 Å². The summed E-state index contributed by atoms with van der Waals surface area (Å²) in [5.74, 6) is 0. The first-order chi connectivity index (χ1) is 10.3. The average molecular weight is 283 g/mol. The average Bonchev–Trinajstić information content (AvgIpc) is 2.55. The molecule has 0 bridgehead atoms. The molecule has 1 aliphatic rings. The summed E-state index contributed by atoms with van der Waals surface area (Å²) in [4.78, 5) is 14.2. The second-order valence-corrected chi connectivity index (χ2v) is 5.40. The maximum Gasteiger partial charge on any atom is 0.250 e. The van der Waals surface area contributed by atoms with Crippen LogP contribution >= 0.6 is 0 Å². The molecule has 1 atom stereocenters. The van der Waals surface area contributed by atoms with Gasteiger partial charge in [0.2, 0.25) is 0 Å². The monoisotopic (exact) mass is 283 g/mol. The molecule has 4 heteroatoms. The van der Waals surface area contributed by atoms with Crippen LogP contribution in [0.3, 0.4) is 0 Å². The van der Waals surface area contributed by atoms with E-state index in [1.807, 2.05) is 18.3 Å². The van der Waals surface area contributed by atoms with Crippen molar-refractivity contribution in [3.8, 4) is 0 Å². The minimum atomic E-state index is 0.0731. The highest BCUT2D eigenvalue weighted by molar-refractivity contribution is 5.20. The summed E-state index contributed by atoms with van der Waals surface area (Å²) in [5, 5.41) is 3.46. The number of pyridine rings is 1. The third kappa shape index (κ3) is 3.40. The van der Waals surface area contributed by atoms with Crippen LogP contribution in [0.25, 0.3) is 0 Å². The van der Waals surface area contributed by atoms with Gasteiger partial charge < -0.3 is 9.88 Å². The molecule has 1 aliphatic heterocycles. The van der Waals surface area contributed by atoms with E-state index in [9.17, 15) is 4.79 Å². The zero-order chi connectivity index (χ0) is 14.5. The van der Waals surface area contributed by atoms with Crippen molar-refractivity contribution >= 4 is 0 Å². The number of benzene rings is 1. The molecule has 21 heavy (non-hydrogen) atoms. The molecule has 3 rings (SSSR count). The van der Waals surface area contributed by atoms with E-state index in [0.29, 0.717) is 6.04 Å². The predicted octanol–water partition coefficient (Wildman–Crippen LogP) is 1.49. The fourth-order valence-corrected chi connectivity index (χ4v) is 2.90. The van der Waals surface area contributed by atoms with E-state index < -0.39 is 0 Å². The van der Waals surface area contributed by atoms with E-state index in [0.717, 1.165) is 32.7 Å². The quantitative estimate of drug-likeness (QED) is 0.924. The zero-order valence-electron chi connectivity index (χ0n) is 12.1. The van der Waals surface area contributed by atoms with Crippen molar-refractivity contribution in [3.05, 3.63) is 70.6 Å². The number of nitrogens with zero attached hydrogens (tertiary/aromatic N) is 2. The van der Waals surface area contributed by atoms with Crippen LogP contribution in [-0.2, 0) is 6.54 Å². The van der Waals surface area contributed by atoms with Crippen molar-refractivity contribution < 1.29 is 0 Å². The summed E-state index contributed by atoms with van der Waals surface area (Å²) >= 11 is 0. The molecule has 1 unspecified atom stereocenters. The fourth-order valence-electron chi connectivity index (χ4n) is 2.90. The van der Waals surface area contributed by atoms with Crippen molar-refractivity contribution in [1.29, 1.82) is 0 Å². The topological polar surface area (TPSA) is 37.3 Å². The molecule has 2 heterocycles. The van der Waals surface area contributed by atoms with Gasteiger partial charge in [-0.25, -0.2) is 0 Å². The lowest BCUT2D eigenvalue weighted by atomic mass is 10.0. The lowest BCUT2D eigenvalue weighted by molar-refractivity contribution is 0.155. The maximum absolute atomic E-state index is 11.8. The summed E-state index contributed by atoms with van der Waals surface area (Å²) in [7, 11) is 0. The summed E-state index contributed by atoms with van der Waals surface area (Å²) in [6.07, 6.45) is 1.86. The zero-order valence-corrected chi connectivity index (χ0v) is 12.1. The summed E-state index contributed by atoms with van der Waals surface area (Å²) in [5.41, 5.74) is 1.41. The van der Waals surface area contributed by atoms with Crippen LogP contribution in [0.1, 0.15) is 11.6 Å². The molecular formula is C17H21N3O. The van der Waals surface area contributed by atoms with E-state index in [1.54, 1.807) is 16.7 Å². The molecule has 4 nitrogen and oxygen atoms in total. The molecule has 0 aliphatic carbocycles. The Morgan fingerprint density at radius 2 is 1.86 bits per heavy atom. The fraction of sp³-hybridized carbons (Fsp3) is 0.353. The van der Waals surface area contributed by atoms with Crippen LogP contribution in [0.4, 0.5) is 0 Å². The maximum atomic E-state index is 11.8. The number of nitrogens with one attached hydrogen (secondary N) is 1. The number of hydrogen-bond acceptors (Lipinski definition) is 3. The first-order valence-electron chi connectivity index (χ1n) is 7.50. The molecule has 1 aromatic heterocycles. The van der Waals surface area contributed by atoms with Gasteiger partial charge in [-0.3, -0.25) is 9.69 Å². The Balaban J connectivity index is 1.70. The van der Waals surface area contributed by atoms with Crippen molar-refractivity contribution in [2.45, 2.75) is 12.6 Å². The Labute approximate surface area is 125 Å². The Kier molecular flexibility index (Phi) is 4.48. The lowest BCUT2D eigenvalue weighted by Gasteiger charge is -2.36. The number of hydrogen-bond donors (Lipinski definition) is 1. The van der Waals surface area contributed by atoms with Crippen molar-refractivity contribution in [3.63, 3.8) is 0 Å². The van der Waals surface area contributed by atoms with Gasteiger partial charge in [-0.2, -0.15) is 0 Å². The molecule has 0 saturated carbocycles. The molecule has 0 radical (unpaired) electrons. The largest absolute Gasteiger partial charge is 0.314 e. The van der Waals surface area contributed by atoms with E-state index in [2.05, 4.69) is 34.5 Å². The molecule has 1 N–H and O–H groups in total. The molecule has 1 fully saturated rings. The van der Waals surface area contributed by atoms with Crippen LogP contribution in [0, 0.1) is 0 Å². The van der Waals surface area contributed by atoms with E-state index >= 15 is 0 Å². The number of piperazine rings is 1. The van der Waals surface area contributed by atoms with Gasteiger partial charge >= 0.3 is 0 Å². The van der Waals surface area contributed by atoms with E-state index in [1.165, 1.54) is 5.56 Å². The SMILES string of the molecule is O=c1ccccn1CCN1CCNCC1c1ccccc1. The summed E-state index contributed by atoms with van der Waals surface area (Å²) in [6.45, 7) is 4.62. The van der Waals surface area contributed by atoms with Crippen molar-refractivity contribution in [2.75, 3.05) is 26.2 Å². The van der Waals surface area contributed by atoms with Gasteiger partial charge in [0.1, 0.15) is 0 Å². The molecular weight excluding hydrogens is 262 g/mol. The van der Waals surface area contributed by atoms with Crippen LogP contribution in [-0.4, -0.2) is 35.6 Å². The van der Waals surface area contributed by atoms with E-state index in [4.69, 9.17) is 0 Å². The van der Waals surface area contributed by atoms with Crippen molar-refractivity contribution in [1.82, 2.24) is 14.8 Å². The standard InChI is InChI=1S/C17H21N3O/c21-17-8-4-5-10-20(17)13-12-19-11-9-18-14-16(19)15-6-2-1-3-7-15/h1-8,10,16,18H,9,11-14H2. The molecule has 0 spiro atoms. The lowest BCUT2D eigenvalue weighted by Crippen LogP contribution is -2.47. The molecule has 110 valence electrons. The van der Waals surface area contributed by atoms with Crippen molar-refractivity contribution in [2.24, 2.45) is 0 Å². The first-order valence-corrected chi connectivity index (χ1v) is 7.50. The van der Waals surface area contributed by atoms with E-state index in [-0.39, 0.29) is 5.56 Å². The minimum Gasteiger partial charge on any atom is -0.314 e. The molecule has 2 aromatic rings. The highest BCUT2D eigenvalue weighted by Gasteiger charge is 2.23. The van der Waals surface area contributed by atoms with Crippen LogP contribution < -0.4 is 10.9 Å². The highest BCUT2D eigenvalue weighted by Crippen LogP contribution is 2.21. The Hall–Kier alpha value is -1.91. The second-order valence-electron chi connectivity index (χ2n) is 5.40. The smallest absolute Gasteiger partial charge is 0.250 e. The summed E-state index contributed by atoms with van der Waals surface area (Å²) in [6, 6.07) is 16.3. The number of aromatic nitrogens is 1. The van der Waals surface area contributed by atoms with Gasteiger partial charge in [-0.15, -0.1) is 0 Å². The third-order valence-corrected chi connectivity index (χ3v) is 4.07.